The van der Waals surface area contributed by atoms with Crippen molar-refractivity contribution >= 4 is 5.91 Å². The highest BCUT2D eigenvalue weighted by molar-refractivity contribution is 5.77. The van der Waals surface area contributed by atoms with E-state index in [9.17, 15) is 9.18 Å². The molecule has 5 nitrogen and oxygen atoms in total. The van der Waals surface area contributed by atoms with E-state index in [2.05, 4.69) is 24.1 Å². The van der Waals surface area contributed by atoms with Crippen LogP contribution in [0.1, 0.15) is 30.9 Å². The lowest BCUT2D eigenvalue weighted by atomic mass is 10.0. The second-order valence-electron chi connectivity index (χ2n) is 6.55. The van der Waals surface area contributed by atoms with Crippen LogP contribution in [-0.2, 0) is 11.3 Å². The normalized spacial score (nSPS) is 10.8. The Balaban J connectivity index is 1.52. The molecule has 0 spiro atoms. The third-order valence-electron chi connectivity index (χ3n) is 4.18. The van der Waals surface area contributed by atoms with Crippen LogP contribution in [0.3, 0.4) is 0 Å². The molecule has 3 rings (SSSR count). The molecule has 1 aromatic heterocycles. The summed E-state index contributed by atoms with van der Waals surface area (Å²) in [7, 11) is 0. The van der Waals surface area contributed by atoms with Gasteiger partial charge < -0.3 is 14.6 Å². The van der Waals surface area contributed by atoms with Crippen molar-refractivity contribution in [2.24, 2.45) is 0 Å². The van der Waals surface area contributed by atoms with E-state index in [0.29, 0.717) is 22.9 Å². The summed E-state index contributed by atoms with van der Waals surface area (Å²) in [6, 6.07) is 12.5. The molecule has 3 aromatic rings. The van der Waals surface area contributed by atoms with E-state index >= 15 is 0 Å². The molecule has 1 N–H and O–H groups in total. The summed E-state index contributed by atoms with van der Waals surface area (Å²) in [5, 5.41) is 2.74. The van der Waals surface area contributed by atoms with Crippen LogP contribution in [-0.4, -0.2) is 22.1 Å². The minimum absolute atomic E-state index is 0.0862. The molecule has 0 bridgehead atoms. The van der Waals surface area contributed by atoms with Gasteiger partial charge in [-0.2, -0.15) is 0 Å². The molecule has 0 aliphatic heterocycles. The second kappa shape index (κ2) is 8.49. The molecule has 0 aliphatic carbocycles. The van der Waals surface area contributed by atoms with Crippen molar-refractivity contribution in [3.8, 4) is 11.4 Å². The topological polar surface area (TPSA) is 56.1 Å². The molecular weight excluding hydrogens is 345 g/mol. The van der Waals surface area contributed by atoms with Crippen molar-refractivity contribution in [2.45, 2.75) is 26.3 Å². The van der Waals surface area contributed by atoms with E-state index in [-0.39, 0.29) is 24.9 Å². The molecule has 2 aromatic carbocycles. The first-order chi connectivity index (χ1) is 13.0. The summed E-state index contributed by atoms with van der Waals surface area (Å²) >= 11 is 0. The number of halogens is 1. The van der Waals surface area contributed by atoms with Crippen molar-refractivity contribution in [2.75, 3.05) is 6.61 Å². The standard InChI is InChI=1S/C21H22FN3O2/c1-15(2)17-4-3-5-18(11-17)27-13-21(26)24-12-16-6-7-20(19(22)10-16)25-9-8-23-14-25/h3-11,14-15H,12-13H2,1-2H3,(H,24,26). The molecule has 1 heterocycles. The number of benzene rings is 2. The van der Waals surface area contributed by atoms with E-state index in [1.54, 1.807) is 29.1 Å². The second-order valence-corrected chi connectivity index (χ2v) is 6.55. The predicted octanol–water partition coefficient (Wildman–Crippen LogP) is 3.83. The van der Waals surface area contributed by atoms with Gasteiger partial charge in [0.1, 0.15) is 11.6 Å². The van der Waals surface area contributed by atoms with Crippen LogP contribution < -0.4 is 10.1 Å². The van der Waals surface area contributed by atoms with Crippen LogP contribution in [0.2, 0.25) is 0 Å². The van der Waals surface area contributed by atoms with Gasteiger partial charge >= 0.3 is 0 Å². The van der Waals surface area contributed by atoms with Crippen molar-refractivity contribution in [1.29, 1.82) is 0 Å². The van der Waals surface area contributed by atoms with Gasteiger partial charge in [-0.1, -0.05) is 32.0 Å². The first-order valence-electron chi connectivity index (χ1n) is 8.79. The van der Waals surface area contributed by atoms with Crippen LogP contribution >= 0.6 is 0 Å². The summed E-state index contributed by atoms with van der Waals surface area (Å²) in [5.41, 5.74) is 2.24. The zero-order valence-corrected chi connectivity index (χ0v) is 15.4. The Kier molecular flexibility index (Phi) is 5.86. The number of nitrogens with zero attached hydrogens (tertiary/aromatic N) is 2. The fraction of sp³-hybridized carbons (Fsp3) is 0.238. The van der Waals surface area contributed by atoms with E-state index in [1.165, 1.54) is 12.4 Å². The minimum Gasteiger partial charge on any atom is -0.484 e. The summed E-state index contributed by atoms with van der Waals surface area (Å²) in [4.78, 5) is 15.9. The Bertz CT molecular complexity index is 908. The summed E-state index contributed by atoms with van der Waals surface area (Å²) in [6.45, 7) is 4.35. The first kappa shape index (κ1) is 18.6. The van der Waals surface area contributed by atoms with Crippen LogP contribution in [0, 0.1) is 5.82 Å². The number of hydrogen-bond acceptors (Lipinski definition) is 3. The molecule has 0 unspecified atom stereocenters. The van der Waals surface area contributed by atoms with Gasteiger partial charge in [-0.25, -0.2) is 9.37 Å². The van der Waals surface area contributed by atoms with Crippen LogP contribution in [0.5, 0.6) is 5.75 Å². The lowest BCUT2D eigenvalue weighted by Crippen LogP contribution is -2.28. The average molecular weight is 367 g/mol. The SMILES string of the molecule is CC(C)c1cccc(OCC(=O)NCc2ccc(-n3ccnc3)c(F)c2)c1. The fourth-order valence-corrected chi connectivity index (χ4v) is 2.64. The Morgan fingerprint density at radius 3 is 2.81 bits per heavy atom. The van der Waals surface area contributed by atoms with Gasteiger partial charge in [0.25, 0.3) is 5.91 Å². The zero-order valence-electron chi connectivity index (χ0n) is 15.4. The number of aromatic nitrogens is 2. The van der Waals surface area contributed by atoms with Crippen LogP contribution in [0.4, 0.5) is 4.39 Å². The maximum atomic E-state index is 14.2. The van der Waals surface area contributed by atoms with Crippen molar-refractivity contribution < 1.29 is 13.9 Å². The largest absolute Gasteiger partial charge is 0.484 e. The number of ether oxygens (including phenoxy) is 1. The van der Waals surface area contributed by atoms with Gasteiger partial charge in [-0.15, -0.1) is 0 Å². The van der Waals surface area contributed by atoms with Gasteiger partial charge in [0.2, 0.25) is 0 Å². The number of rotatable bonds is 7. The lowest BCUT2D eigenvalue weighted by Gasteiger charge is -2.11. The maximum Gasteiger partial charge on any atom is 0.258 e. The molecule has 1 amide bonds. The smallest absolute Gasteiger partial charge is 0.258 e. The van der Waals surface area contributed by atoms with E-state index in [1.807, 2.05) is 24.3 Å². The number of imidazole rings is 1. The number of amides is 1. The Hall–Kier alpha value is -3.15. The lowest BCUT2D eigenvalue weighted by molar-refractivity contribution is -0.123. The first-order valence-corrected chi connectivity index (χ1v) is 8.79. The number of hydrogen-bond donors (Lipinski definition) is 1. The monoisotopic (exact) mass is 367 g/mol. The highest BCUT2D eigenvalue weighted by atomic mass is 19.1. The van der Waals surface area contributed by atoms with Crippen molar-refractivity contribution in [1.82, 2.24) is 14.9 Å². The van der Waals surface area contributed by atoms with E-state index < -0.39 is 0 Å². The van der Waals surface area contributed by atoms with Gasteiger partial charge in [0.15, 0.2) is 6.61 Å². The summed E-state index contributed by atoms with van der Waals surface area (Å²) in [6.07, 6.45) is 4.79. The molecule has 27 heavy (non-hydrogen) atoms. The van der Waals surface area contributed by atoms with Gasteiger partial charge in [0.05, 0.1) is 12.0 Å². The Morgan fingerprint density at radius 2 is 2.11 bits per heavy atom. The Labute approximate surface area is 157 Å². The van der Waals surface area contributed by atoms with Gasteiger partial charge in [-0.05, 0) is 41.3 Å². The van der Waals surface area contributed by atoms with Gasteiger partial charge in [0, 0.05) is 18.9 Å². The summed E-state index contributed by atoms with van der Waals surface area (Å²) < 4.78 is 21.4. The molecule has 0 saturated carbocycles. The fourth-order valence-electron chi connectivity index (χ4n) is 2.64. The molecule has 0 aliphatic rings. The molecule has 0 atom stereocenters. The van der Waals surface area contributed by atoms with E-state index in [0.717, 1.165) is 5.56 Å². The zero-order chi connectivity index (χ0) is 19.2. The predicted molar refractivity (Wildman–Crippen MR) is 101 cm³/mol. The van der Waals surface area contributed by atoms with Crippen LogP contribution in [0.25, 0.3) is 5.69 Å². The van der Waals surface area contributed by atoms with E-state index in [4.69, 9.17) is 4.74 Å². The third kappa shape index (κ3) is 4.94. The van der Waals surface area contributed by atoms with Gasteiger partial charge in [-0.3, -0.25) is 4.79 Å². The van der Waals surface area contributed by atoms with Crippen LogP contribution in [0.15, 0.2) is 61.2 Å². The number of carbonyl (C=O) groups is 1. The molecule has 0 radical (unpaired) electrons. The highest BCUT2D eigenvalue weighted by Crippen LogP contribution is 2.20. The number of nitrogens with one attached hydrogen (secondary N) is 1. The number of carbonyl (C=O) groups excluding carboxylic acids is 1. The average Bonchev–Trinajstić information content (AvgIpc) is 3.19. The summed E-state index contributed by atoms with van der Waals surface area (Å²) in [5.74, 6) is 0.417. The molecule has 140 valence electrons. The highest BCUT2D eigenvalue weighted by Gasteiger charge is 2.08. The molecule has 0 fully saturated rings. The molecular formula is C21H22FN3O2. The Morgan fingerprint density at radius 1 is 1.26 bits per heavy atom. The minimum atomic E-state index is -0.374. The molecule has 6 heteroatoms. The van der Waals surface area contributed by atoms with Crippen molar-refractivity contribution in [3.63, 3.8) is 0 Å². The quantitative estimate of drug-likeness (QED) is 0.690. The maximum absolute atomic E-state index is 14.2. The van der Waals surface area contributed by atoms with Crippen molar-refractivity contribution in [3.05, 3.63) is 78.1 Å². The molecule has 0 saturated heterocycles. The third-order valence-corrected chi connectivity index (χ3v) is 4.18.